The molecule has 0 saturated carbocycles. The van der Waals surface area contributed by atoms with Gasteiger partial charge in [-0.05, 0) is 31.0 Å². The van der Waals surface area contributed by atoms with E-state index in [2.05, 4.69) is 15.2 Å². The van der Waals surface area contributed by atoms with E-state index in [0.717, 1.165) is 38.2 Å². The van der Waals surface area contributed by atoms with Gasteiger partial charge in [0.2, 0.25) is 10.0 Å². The second-order valence-electron chi connectivity index (χ2n) is 7.18. The van der Waals surface area contributed by atoms with Crippen LogP contribution in [-0.4, -0.2) is 71.6 Å². The van der Waals surface area contributed by atoms with E-state index < -0.39 is 10.0 Å². The van der Waals surface area contributed by atoms with Crippen molar-refractivity contribution in [3.05, 3.63) is 54.1 Å². The maximum atomic E-state index is 12.3. The van der Waals surface area contributed by atoms with Crippen molar-refractivity contribution in [3.8, 4) is 0 Å². The summed E-state index contributed by atoms with van der Waals surface area (Å²) < 4.78 is 27.4. The summed E-state index contributed by atoms with van der Waals surface area (Å²) in [5, 5.41) is 2.94. The molecule has 0 spiro atoms. The Hall–Kier alpha value is -2.23. The lowest BCUT2D eigenvalue weighted by molar-refractivity contribution is 0.0952. The number of imidazole rings is 1. The van der Waals surface area contributed by atoms with Gasteiger partial charge in [-0.2, -0.15) is 4.31 Å². The van der Waals surface area contributed by atoms with E-state index in [9.17, 15) is 13.2 Å². The molecule has 0 aliphatic carbocycles. The second-order valence-corrected chi connectivity index (χ2v) is 9.44. The Morgan fingerprint density at radius 2 is 1.86 bits per heavy atom. The number of carbonyl (C=O) groups excluding carboxylic acids is 1. The SMILES string of the molecule is CCS(=O)(=O)N1CCN(Cc2ccc(C(=O)NCCCn3ccnc3)cc2)CC1. The zero-order valence-corrected chi connectivity index (χ0v) is 17.6. The number of sulfonamides is 1. The van der Waals surface area contributed by atoms with Gasteiger partial charge >= 0.3 is 0 Å². The van der Waals surface area contributed by atoms with E-state index in [1.165, 1.54) is 0 Å². The highest BCUT2D eigenvalue weighted by molar-refractivity contribution is 7.89. The molecule has 2 aromatic rings. The molecule has 0 bridgehead atoms. The third-order valence-electron chi connectivity index (χ3n) is 5.15. The van der Waals surface area contributed by atoms with Gasteiger partial charge in [0, 0.05) is 63.8 Å². The molecule has 1 aromatic carbocycles. The molecule has 8 nitrogen and oxygen atoms in total. The third kappa shape index (κ3) is 6.12. The minimum Gasteiger partial charge on any atom is -0.352 e. The number of hydrogen-bond acceptors (Lipinski definition) is 5. The first-order valence-corrected chi connectivity index (χ1v) is 11.6. The number of nitrogens with one attached hydrogen (secondary N) is 1. The summed E-state index contributed by atoms with van der Waals surface area (Å²) in [6.45, 7) is 6.39. The summed E-state index contributed by atoms with van der Waals surface area (Å²) in [5.74, 6) is 0.0839. The van der Waals surface area contributed by atoms with Crippen LogP contribution in [0.3, 0.4) is 0 Å². The number of benzene rings is 1. The molecule has 2 heterocycles. The fourth-order valence-electron chi connectivity index (χ4n) is 3.35. The molecule has 0 radical (unpaired) electrons. The van der Waals surface area contributed by atoms with Gasteiger partial charge in [-0.3, -0.25) is 9.69 Å². The van der Waals surface area contributed by atoms with Gasteiger partial charge in [0.05, 0.1) is 12.1 Å². The van der Waals surface area contributed by atoms with Crippen LogP contribution in [0.25, 0.3) is 0 Å². The smallest absolute Gasteiger partial charge is 0.251 e. The quantitative estimate of drug-likeness (QED) is 0.617. The van der Waals surface area contributed by atoms with E-state index in [1.807, 2.05) is 35.0 Å². The van der Waals surface area contributed by atoms with Crippen LogP contribution in [-0.2, 0) is 23.1 Å². The Labute approximate surface area is 172 Å². The predicted molar refractivity (Wildman–Crippen MR) is 112 cm³/mol. The maximum Gasteiger partial charge on any atom is 0.251 e. The molecule has 9 heteroatoms. The predicted octanol–water partition coefficient (Wildman–Crippen LogP) is 1.17. The number of hydrogen-bond donors (Lipinski definition) is 1. The highest BCUT2D eigenvalue weighted by Crippen LogP contribution is 2.12. The Kier molecular flexibility index (Phi) is 7.40. The van der Waals surface area contributed by atoms with Gasteiger partial charge in [0.25, 0.3) is 5.91 Å². The fourth-order valence-corrected chi connectivity index (χ4v) is 4.44. The topological polar surface area (TPSA) is 87.5 Å². The number of nitrogens with zero attached hydrogens (tertiary/aromatic N) is 4. The van der Waals surface area contributed by atoms with Gasteiger partial charge in [-0.15, -0.1) is 0 Å². The molecule has 29 heavy (non-hydrogen) atoms. The summed E-state index contributed by atoms with van der Waals surface area (Å²) in [6, 6.07) is 7.63. The Bertz CT molecular complexity index is 873. The lowest BCUT2D eigenvalue weighted by Gasteiger charge is -2.33. The number of piperazine rings is 1. The summed E-state index contributed by atoms with van der Waals surface area (Å²) in [6.07, 6.45) is 6.26. The van der Waals surface area contributed by atoms with Crippen LogP contribution < -0.4 is 5.32 Å². The van der Waals surface area contributed by atoms with Crippen LogP contribution in [0.5, 0.6) is 0 Å². The van der Waals surface area contributed by atoms with Crippen molar-refractivity contribution in [2.75, 3.05) is 38.5 Å². The monoisotopic (exact) mass is 419 g/mol. The molecule has 1 amide bonds. The third-order valence-corrected chi connectivity index (χ3v) is 7.03. The number of carbonyl (C=O) groups is 1. The largest absolute Gasteiger partial charge is 0.352 e. The van der Waals surface area contributed by atoms with Crippen LogP contribution in [0.15, 0.2) is 43.0 Å². The van der Waals surface area contributed by atoms with E-state index in [0.29, 0.717) is 25.2 Å². The maximum absolute atomic E-state index is 12.3. The van der Waals surface area contributed by atoms with Crippen molar-refractivity contribution in [2.45, 2.75) is 26.4 Å². The van der Waals surface area contributed by atoms with Gasteiger partial charge in [0.15, 0.2) is 0 Å². The fraction of sp³-hybridized carbons (Fsp3) is 0.500. The van der Waals surface area contributed by atoms with Crippen molar-refractivity contribution in [1.29, 1.82) is 0 Å². The molecule has 1 N–H and O–H groups in total. The number of rotatable bonds is 9. The van der Waals surface area contributed by atoms with Crippen LogP contribution in [0.2, 0.25) is 0 Å². The average molecular weight is 420 g/mol. The van der Waals surface area contributed by atoms with Gasteiger partial charge < -0.3 is 9.88 Å². The van der Waals surface area contributed by atoms with Crippen molar-refractivity contribution in [1.82, 2.24) is 24.1 Å². The summed E-state index contributed by atoms with van der Waals surface area (Å²) in [4.78, 5) is 18.5. The van der Waals surface area contributed by atoms with Crippen molar-refractivity contribution in [3.63, 3.8) is 0 Å². The minimum absolute atomic E-state index is 0.0689. The van der Waals surface area contributed by atoms with E-state index in [1.54, 1.807) is 23.8 Å². The Morgan fingerprint density at radius 3 is 2.48 bits per heavy atom. The van der Waals surface area contributed by atoms with Crippen LogP contribution in [0, 0.1) is 0 Å². The van der Waals surface area contributed by atoms with Gasteiger partial charge in [0.1, 0.15) is 0 Å². The van der Waals surface area contributed by atoms with Crippen LogP contribution in [0.4, 0.5) is 0 Å². The molecule has 0 unspecified atom stereocenters. The molecule has 1 aromatic heterocycles. The summed E-state index contributed by atoms with van der Waals surface area (Å²) in [5.41, 5.74) is 1.77. The number of amides is 1. The molecule has 1 aliphatic rings. The molecule has 1 saturated heterocycles. The van der Waals surface area contributed by atoms with Crippen LogP contribution in [0.1, 0.15) is 29.3 Å². The van der Waals surface area contributed by atoms with Crippen LogP contribution >= 0.6 is 0 Å². The zero-order chi connectivity index (χ0) is 20.7. The second kappa shape index (κ2) is 10.00. The van der Waals surface area contributed by atoms with Crippen molar-refractivity contribution < 1.29 is 13.2 Å². The van der Waals surface area contributed by atoms with Crippen molar-refractivity contribution >= 4 is 15.9 Å². The van der Waals surface area contributed by atoms with Gasteiger partial charge in [-0.25, -0.2) is 13.4 Å². The molecular formula is C20H29N5O3S. The van der Waals surface area contributed by atoms with E-state index in [4.69, 9.17) is 0 Å². The molecule has 3 rings (SSSR count). The summed E-state index contributed by atoms with van der Waals surface area (Å²) >= 11 is 0. The molecule has 0 atom stereocenters. The highest BCUT2D eigenvalue weighted by Gasteiger charge is 2.25. The zero-order valence-electron chi connectivity index (χ0n) is 16.8. The molecule has 158 valence electrons. The number of aryl methyl sites for hydroxylation is 1. The first-order chi connectivity index (χ1) is 14.0. The Balaban J connectivity index is 1.41. The average Bonchev–Trinajstić information content (AvgIpc) is 3.25. The minimum atomic E-state index is -3.10. The standard InChI is InChI=1S/C20H29N5O3S/c1-2-29(27,28)25-14-12-23(13-15-25)16-18-4-6-19(7-5-18)20(26)22-8-3-10-24-11-9-21-17-24/h4-7,9,11,17H,2-3,8,10,12-16H2,1H3,(H,22,26). The molecule has 1 aliphatic heterocycles. The van der Waals surface area contributed by atoms with Gasteiger partial charge in [-0.1, -0.05) is 12.1 Å². The first kappa shape index (κ1) is 21.5. The lowest BCUT2D eigenvalue weighted by atomic mass is 10.1. The number of aromatic nitrogens is 2. The van der Waals surface area contributed by atoms with E-state index in [-0.39, 0.29) is 11.7 Å². The molecule has 1 fully saturated rings. The first-order valence-electron chi connectivity index (χ1n) is 10.0. The normalized spacial score (nSPS) is 16.0. The summed E-state index contributed by atoms with van der Waals surface area (Å²) in [7, 11) is -3.10. The highest BCUT2D eigenvalue weighted by atomic mass is 32.2. The Morgan fingerprint density at radius 1 is 1.14 bits per heavy atom. The van der Waals surface area contributed by atoms with Crippen molar-refractivity contribution in [2.24, 2.45) is 0 Å². The molecular weight excluding hydrogens is 390 g/mol. The van der Waals surface area contributed by atoms with E-state index >= 15 is 0 Å². The lowest BCUT2D eigenvalue weighted by Crippen LogP contribution is -2.48.